The van der Waals surface area contributed by atoms with Crippen LogP contribution in [0.5, 0.6) is 0 Å². The fourth-order valence-electron chi connectivity index (χ4n) is 2.20. The zero-order chi connectivity index (χ0) is 13.7. The Kier molecular flexibility index (Phi) is 4.58. The van der Waals surface area contributed by atoms with Crippen LogP contribution in [0.4, 0.5) is 5.69 Å². The Bertz CT molecular complexity index is 517. The predicted octanol–water partition coefficient (Wildman–Crippen LogP) is 3.67. The molecule has 100 valence electrons. The number of nitrogens with one attached hydrogen (secondary N) is 1. The SMILES string of the molecule is CCc1ccc(NC(CN)c2cccc(C)c2)cc1. The highest BCUT2D eigenvalue weighted by Gasteiger charge is 2.09. The van der Waals surface area contributed by atoms with Gasteiger partial charge < -0.3 is 11.1 Å². The Morgan fingerprint density at radius 2 is 1.84 bits per heavy atom. The van der Waals surface area contributed by atoms with E-state index in [1.165, 1.54) is 16.7 Å². The van der Waals surface area contributed by atoms with Crippen LogP contribution in [0.2, 0.25) is 0 Å². The van der Waals surface area contributed by atoms with Crippen molar-refractivity contribution < 1.29 is 0 Å². The number of rotatable bonds is 5. The molecule has 2 aromatic carbocycles. The van der Waals surface area contributed by atoms with Crippen molar-refractivity contribution in [1.29, 1.82) is 0 Å². The van der Waals surface area contributed by atoms with Crippen molar-refractivity contribution >= 4 is 5.69 Å². The van der Waals surface area contributed by atoms with E-state index in [4.69, 9.17) is 5.73 Å². The summed E-state index contributed by atoms with van der Waals surface area (Å²) >= 11 is 0. The Hall–Kier alpha value is -1.80. The number of benzene rings is 2. The van der Waals surface area contributed by atoms with Gasteiger partial charge in [0.15, 0.2) is 0 Å². The first kappa shape index (κ1) is 13.6. The zero-order valence-corrected chi connectivity index (χ0v) is 11.7. The zero-order valence-electron chi connectivity index (χ0n) is 11.7. The minimum Gasteiger partial charge on any atom is -0.377 e. The van der Waals surface area contributed by atoms with Gasteiger partial charge >= 0.3 is 0 Å². The van der Waals surface area contributed by atoms with Crippen LogP contribution in [0.3, 0.4) is 0 Å². The molecule has 0 heterocycles. The van der Waals surface area contributed by atoms with Crippen molar-refractivity contribution in [2.24, 2.45) is 5.73 Å². The molecule has 0 saturated heterocycles. The van der Waals surface area contributed by atoms with E-state index in [-0.39, 0.29) is 6.04 Å². The highest BCUT2D eigenvalue weighted by atomic mass is 14.9. The van der Waals surface area contributed by atoms with E-state index in [9.17, 15) is 0 Å². The van der Waals surface area contributed by atoms with Gasteiger partial charge in [-0.25, -0.2) is 0 Å². The van der Waals surface area contributed by atoms with E-state index in [1.54, 1.807) is 0 Å². The molecule has 0 saturated carbocycles. The second kappa shape index (κ2) is 6.39. The number of anilines is 1. The van der Waals surface area contributed by atoms with Gasteiger partial charge in [-0.05, 0) is 36.6 Å². The molecule has 2 nitrogen and oxygen atoms in total. The second-order valence-corrected chi connectivity index (χ2v) is 4.90. The second-order valence-electron chi connectivity index (χ2n) is 4.90. The highest BCUT2D eigenvalue weighted by molar-refractivity contribution is 5.47. The third-order valence-electron chi connectivity index (χ3n) is 3.38. The summed E-state index contributed by atoms with van der Waals surface area (Å²) in [6, 6.07) is 17.2. The van der Waals surface area contributed by atoms with E-state index < -0.39 is 0 Å². The summed E-state index contributed by atoms with van der Waals surface area (Å²) in [5.41, 5.74) is 10.9. The van der Waals surface area contributed by atoms with Crippen LogP contribution in [0.25, 0.3) is 0 Å². The van der Waals surface area contributed by atoms with E-state index in [0.29, 0.717) is 6.54 Å². The Morgan fingerprint density at radius 1 is 1.11 bits per heavy atom. The van der Waals surface area contributed by atoms with Crippen molar-refractivity contribution in [2.75, 3.05) is 11.9 Å². The number of aryl methyl sites for hydroxylation is 2. The van der Waals surface area contributed by atoms with E-state index in [2.05, 4.69) is 67.7 Å². The molecule has 0 radical (unpaired) electrons. The molecule has 1 unspecified atom stereocenters. The smallest absolute Gasteiger partial charge is 0.0636 e. The molecule has 0 aromatic heterocycles. The molecular formula is C17H22N2. The lowest BCUT2D eigenvalue weighted by molar-refractivity contribution is 0.789. The van der Waals surface area contributed by atoms with E-state index in [0.717, 1.165) is 12.1 Å². The van der Waals surface area contributed by atoms with Gasteiger partial charge in [-0.1, -0.05) is 48.9 Å². The molecule has 1 atom stereocenters. The van der Waals surface area contributed by atoms with Crippen LogP contribution in [-0.2, 0) is 6.42 Å². The van der Waals surface area contributed by atoms with Crippen LogP contribution in [0.15, 0.2) is 48.5 Å². The molecule has 0 aliphatic heterocycles. The van der Waals surface area contributed by atoms with Gasteiger partial charge in [0.1, 0.15) is 0 Å². The topological polar surface area (TPSA) is 38.0 Å². The summed E-state index contributed by atoms with van der Waals surface area (Å²) in [6.45, 7) is 4.85. The maximum absolute atomic E-state index is 5.90. The van der Waals surface area contributed by atoms with Crippen LogP contribution >= 0.6 is 0 Å². The lowest BCUT2D eigenvalue weighted by Gasteiger charge is -2.19. The largest absolute Gasteiger partial charge is 0.377 e. The van der Waals surface area contributed by atoms with E-state index in [1.807, 2.05) is 0 Å². The van der Waals surface area contributed by atoms with Crippen molar-refractivity contribution in [3.63, 3.8) is 0 Å². The van der Waals surface area contributed by atoms with Crippen molar-refractivity contribution in [3.05, 3.63) is 65.2 Å². The van der Waals surface area contributed by atoms with Gasteiger partial charge in [-0.2, -0.15) is 0 Å². The lowest BCUT2D eigenvalue weighted by Crippen LogP contribution is -2.20. The normalized spacial score (nSPS) is 12.2. The fourth-order valence-corrected chi connectivity index (χ4v) is 2.20. The van der Waals surface area contributed by atoms with Gasteiger partial charge in [-0.3, -0.25) is 0 Å². The lowest BCUT2D eigenvalue weighted by atomic mass is 10.0. The van der Waals surface area contributed by atoms with Crippen molar-refractivity contribution in [1.82, 2.24) is 0 Å². The van der Waals surface area contributed by atoms with Crippen LogP contribution in [0, 0.1) is 6.92 Å². The predicted molar refractivity (Wildman–Crippen MR) is 82.4 cm³/mol. The van der Waals surface area contributed by atoms with E-state index >= 15 is 0 Å². The molecule has 19 heavy (non-hydrogen) atoms. The molecular weight excluding hydrogens is 232 g/mol. The Morgan fingerprint density at radius 3 is 2.42 bits per heavy atom. The third kappa shape index (κ3) is 3.58. The summed E-state index contributed by atoms with van der Waals surface area (Å²) in [7, 11) is 0. The Balaban J connectivity index is 2.14. The average Bonchev–Trinajstić information content (AvgIpc) is 2.45. The molecule has 0 aliphatic carbocycles. The molecule has 0 aliphatic rings. The summed E-state index contributed by atoms with van der Waals surface area (Å²) in [4.78, 5) is 0. The van der Waals surface area contributed by atoms with Gasteiger partial charge in [0.2, 0.25) is 0 Å². The summed E-state index contributed by atoms with van der Waals surface area (Å²) in [5, 5.41) is 3.50. The minimum atomic E-state index is 0.160. The first-order chi connectivity index (χ1) is 9.22. The van der Waals surface area contributed by atoms with Crippen molar-refractivity contribution in [2.45, 2.75) is 26.3 Å². The molecule has 0 amide bonds. The monoisotopic (exact) mass is 254 g/mol. The molecule has 0 spiro atoms. The summed E-state index contributed by atoms with van der Waals surface area (Å²) in [5.74, 6) is 0. The summed E-state index contributed by atoms with van der Waals surface area (Å²) < 4.78 is 0. The quantitative estimate of drug-likeness (QED) is 0.854. The molecule has 0 fully saturated rings. The minimum absolute atomic E-state index is 0.160. The molecule has 0 bridgehead atoms. The first-order valence-corrected chi connectivity index (χ1v) is 6.85. The van der Waals surface area contributed by atoms with Crippen LogP contribution < -0.4 is 11.1 Å². The summed E-state index contributed by atoms with van der Waals surface area (Å²) in [6.07, 6.45) is 1.07. The number of nitrogens with two attached hydrogens (primary N) is 1. The molecule has 2 aromatic rings. The van der Waals surface area contributed by atoms with Gasteiger partial charge in [-0.15, -0.1) is 0 Å². The van der Waals surface area contributed by atoms with Crippen molar-refractivity contribution in [3.8, 4) is 0 Å². The third-order valence-corrected chi connectivity index (χ3v) is 3.38. The average molecular weight is 254 g/mol. The van der Waals surface area contributed by atoms with Crippen LogP contribution in [0.1, 0.15) is 29.7 Å². The number of hydrogen-bond donors (Lipinski definition) is 2. The molecule has 3 N–H and O–H groups in total. The van der Waals surface area contributed by atoms with Crippen LogP contribution in [-0.4, -0.2) is 6.54 Å². The maximum Gasteiger partial charge on any atom is 0.0636 e. The standard InChI is InChI=1S/C17H22N2/c1-3-14-7-9-16(10-8-14)19-17(12-18)15-6-4-5-13(2)11-15/h4-11,17,19H,3,12,18H2,1-2H3. The fraction of sp³-hybridized carbons (Fsp3) is 0.294. The van der Waals surface area contributed by atoms with Gasteiger partial charge in [0, 0.05) is 12.2 Å². The number of hydrogen-bond acceptors (Lipinski definition) is 2. The maximum atomic E-state index is 5.90. The first-order valence-electron chi connectivity index (χ1n) is 6.85. The molecule has 2 heteroatoms. The van der Waals surface area contributed by atoms with Gasteiger partial charge in [0.25, 0.3) is 0 Å². The molecule has 2 rings (SSSR count). The highest BCUT2D eigenvalue weighted by Crippen LogP contribution is 2.20. The Labute approximate surface area is 115 Å². The van der Waals surface area contributed by atoms with Gasteiger partial charge in [0.05, 0.1) is 6.04 Å².